The molecular formula is C15H20N2O5. The molecule has 1 rings (SSSR count). The van der Waals surface area contributed by atoms with Gasteiger partial charge in [-0.25, -0.2) is 0 Å². The molecular weight excluding hydrogens is 288 g/mol. The third-order valence-electron chi connectivity index (χ3n) is 3.09. The highest BCUT2D eigenvalue weighted by atomic mass is 16.5. The number of carbonyl (C=O) groups is 4. The van der Waals surface area contributed by atoms with Gasteiger partial charge in [0.15, 0.2) is 0 Å². The van der Waals surface area contributed by atoms with Crippen molar-refractivity contribution in [1.29, 1.82) is 0 Å². The summed E-state index contributed by atoms with van der Waals surface area (Å²) in [6.07, 6.45) is 2.78. The minimum atomic E-state index is -0.631. The molecule has 0 aromatic carbocycles. The van der Waals surface area contributed by atoms with Crippen LogP contribution in [0.5, 0.6) is 0 Å². The zero-order chi connectivity index (χ0) is 16.7. The van der Waals surface area contributed by atoms with Gasteiger partial charge in [0.1, 0.15) is 18.9 Å². The fourth-order valence-corrected chi connectivity index (χ4v) is 1.66. The van der Waals surface area contributed by atoms with E-state index in [9.17, 15) is 19.2 Å². The number of Topliss-reactive ketones (excluding diaryl/α,β-unsaturated/α-hetero) is 1. The van der Waals surface area contributed by atoms with E-state index in [0.717, 1.165) is 0 Å². The molecule has 120 valence electrons. The Kier molecular flexibility index (Phi) is 6.49. The molecule has 1 aliphatic heterocycles. The lowest BCUT2D eigenvalue weighted by Crippen LogP contribution is -2.40. The van der Waals surface area contributed by atoms with E-state index in [4.69, 9.17) is 4.74 Å². The van der Waals surface area contributed by atoms with E-state index in [1.807, 2.05) is 0 Å². The van der Waals surface area contributed by atoms with Crippen LogP contribution in [-0.2, 0) is 23.9 Å². The lowest BCUT2D eigenvalue weighted by atomic mass is 10.0. The van der Waals surface area contributed by atoms with E-state index < -0.39 is 23.7 Å². The van der Waals surface area contributed by atoms with Crippen molar-refractivity contribution in [3.63, 3.8) is 0 Å². The summed E-state index contributed by atoms with van der Waals surface area (Å²) in [6.45, 7) is 4.82. The van der Waals surface area contributed by atoms with Crippen molar-refractivity contribution in [2.24, 2.45) is 5.92 Å². The van der Waals surface area contributed by atoms with Crippen molar-refractivity contribution in [3.05, 3.63) is 24.3 Å². The van der Waals surface area contributed by atoms with Crippen LogP contribution >= 0.6 is 0 Å². The summed E-state index contributed by atoms with van der Waals surface area (Å²) in [5.41, 5.74) is 0.476. The van der Waals surface area contributed by atoms with Crippen LogP contribution in [0.1, 0.15) is 13.3 Å². The zero-order valence-electron chi connectivity index (χ0n) is 12.8. The number of hydrogen-bond donors (Lipinski definition) is 1. The Morgan fingerprint density at radius 1 is 1.27 bits per heavy atom. The molecule has 0 aromatic rings. The number of hydrogen-bond acceptors (Lipinski definition) is 5. The number of rotatable bonds is 0. The minimum Gasteiger partial charge on any atom is -0.464 e. The van der Waals surface area contributed by atoms with Crippen LogP contribution in [0.2, 0.25) is 0 Å². The van der Waals surface area contributed by atoms with Crippen LogP contribution in [-0.4, -0.2) is 55.2 Å². The van der Waals surface area contributed by atoms with Crippen LogP contribution in [0.4, 0.5) is 0 Å². The van der Waals surface area contributed by atoms with E-state index in [2.05, 4.69) is 11.9 Å². The van der Waals surface area contributed by atoms with Crippen molar-refractivity contribution < 1.29 is 23.9 Å². The highest BCUT2D eigenvalue weighted by Gasteiger charge is 2.17. The number of allylic oxidation sites excluding steroid dienone is 2. The molecule has 1 atom stereocenters. The molecule has 2 amide bonds. The molecule has 0 aliphatic carbocycles. The summed E-state index contributed by atoms with van der Waals surface area (Å²) in [5, 5.41) is 2.35. The third-order valence-corrected chi connectivity index (χ3v) is 3.09. The van der Waals surface area contributed by atoms with Crippen molar-refractivity contribution in [2.45, 2.75) is 13.3 Å². The molecule has 1 unspecified atom stereocenters. The molecule has 0 saturated carbocycles. The van der Waals surface area contributed by atoms with E-state index in [0.29, 0.717) is 5.57 Å². The van der Waals surface area contributed by atoms with Crippen LogP contribution in [0.3, 0.4) is 0 Å². The number of likely N-dealkylation sites (N-methyl/N-ethyl adjacent to an activating group) is 1. The molecule has 0 saturated heterocycles. The lowest BCUT2D eigenvalue weighted by Gasteiger charge is -2.14. The monoisotopic (exact) mass is 308 g/mol. The maximum Gasteiger partial charge on any atom is 0.325 e. The van der Waals surface area contributed by atoms with Gasteiger partial charge in [0.25, 0.3) is 0 Å². The van der Waals surface area contributed by atoms with Gasteiger partial charge >= 0.3 is 5.97 Å². The number of nitrogens with one attached hydrogen (secondary N) is 1. The second kappa shape index (κ2) is 8.11. The van der Waals surface area contributed by atoms with E-state index in [1.54, 1.807) is 6.92 Å². The number of ether oxygens (including phenoxy) is 1. The summed E-state index contributed by atoms with van der Waals surface area (Å²) >= 11 is 0. The molecule has 1 N–H and O–H groups in total. The summed E-state index contributed by atoms with van der Waals surface area (Å²) in [7, 11) is 1.46. The average molecular weight is 308 g/mol. The Morgan fingerprint density at radius 2 is 1.95 bits per heavy atom. The smallest absolute Gasteiger partial charge is 0.325 e. The number of nitrogens with zero attached hydrogens (tertiary/aromatic N) is 1. The van der Waals surface area contributed by atoms with Crippen molar-refractivity contribution in [3.8, 4) is 0 Å². The highest BCUT2D eigenvalue weighted by molar-refractivity contribution is 5.92. The quantitative estimate of drug-likeness (QED) is 0.627. The number of amides is 2. The van der Waals surface area contributed by atoms with E-state index in [1.165, 1.54) is 24.1 Å². The van der Waals surface area contributed by atoms with Gasteiger partial charge in [-0.05, 0) is 5.57 Å². The SMILES string of the molecule is C=C1/C=C\C(=O)N(C)CC(=O)NCC(=O)OCC(C)C(=O)C1. The Bertz CT molecular complexity index is 524. The molecule has 22 heavy (non-hydrogen) atoms. The maximum absolute atomic E-state index is 11.9. The average Bonchev–Trinajstić information content (AvgIpc) is 2.47. The van der Waals surface area contributed by atoms with Crippen molar-refractivity contribution in [1.82, 2.24) is 10.2 Å². The van der Waals surface area contributed by atoms with Gasteiger partial charge in [0.2, 0.25) is 11.8 Å². The summed E-state index contributed by atoms with van der Waals surface area (Å²) < 4.78 is 4.93. The molecule has 7 heteroatoms. The fraction of sp³-hybridized carbons (Fsp3) is 0.467. The summed E-state index contributed by atoms with van der Waals surface area (Å²) in [4.78, 5) is 48.0. The lowest BCUT2D eigenvalue weighted by molar-refractivity contribution is -0.146. The van der Waals surface area contributed by atoms with Crippen LogP contribution in [0.15, 0.2) is 24.3 Å². The topological polar surface area (TPSA) is 92.8 Å². The maximum atomic E-state index is 11.9. The molecule has 1 heterocycles. The molecule has 0 aromatic heterocycles. The molecule has 0 spiro atoms. The van der Waals surface area contributed by atoms with Crippen LogP contribution in [0.25, 0.3) is 0 Å². The first kappa shape index (κ1) is 17.6. The molecule has 0 bridgehead atoms. The summed E-state index contributed by atoms with van der Waals surface area (Å²) in [6, 6.07) is 0. The molecule has 0 radical (unpaired) electrons. The first-order chi connectivity index (χ1) is 10.3. The van der Waals surface area contributed by atoms with E-state index >= 15 is 0 Å². The number of carbonyl (C=O) groups excluding carboxylic acids is 4. The van der Waals surface area contributed by atoms with Gasteiger partial charge in [0, 0.05) is 25.5 Å². The number of cyclic esters (lactones) is 1. The van der Waals surface area contributed by atoms with Gasteiger partial charge in [-0.3, -0.25) is 19.2 Å². The highest BCUT2D eigenvalue weighted by Crippen LogP contribution is 2.09. The largest absolute Gasteiger partial charge is 0.464 e. The number of ketones is 1. The van der Waals surface area contributed by atoms with Gasteiger partial charge in [-0.15, -0.1) is 0 Å². The Hall–Kier alpha value is -2.44. The normalized spacial score (nSPS) is 24.2. The summed E-state index contributed by atoms with van der Waals surface area (Å²) in [5.74, 6) is -2.11. The van der Waals surface area contributed by atoms with Crippen LogP contribution in [0, 0.1) is 5.92 Å². The van der Waals surface area contributed by atoms with Gasteiger partial charge in [-0.2, -0.15) is 0 Å². The molecule has 7 nitrogen and oxygen atoms in total. The first-order valence-corrected chi connectivity index (χ1v) is 6.85. The predicted molar refractivity (Wildman–Crippen MR) is 78.7 cm³/mol. The van der Waals surface area contributed by atoms with Crippen molar-refractivity contribution in [2.75, 3.05) is 26.7 Å². The van der Waals surface area contributed by atoms with Gasteiger partial charge < -0.3 is 15.0 Å². The standard InChI is InChI=1S/C15H20N2O5/c1-10-4-5-14(20)17(3)8-13(19)16-7-15(21)22-9-11(2)12(18)6-10/h4-5,11H,1,6-9H2,2-3H3,(H,16,19)/b5-4-. The second-order valence-electron chi connectivity index (χ2n) is 5.19. The third kappa shape index (κ3) is 5.90. The predicted octanol–water partition coefficient (Wildman–Crippen LogP) is -0.174. The van der Waals surface area contributed by atoms with Crippen LogP contribution < -0.4 is 5.32 Å². The Balaban J connectivity index is 2.83. The number of esters is 1. The van der Waals surface area contributed by atoms with Gasteiger partial charge in [0.05, 0.1) is 6.54 Å². The second-order valence-corrected chi connectivity index (χ2v) is 5.19. The fourth-order valence-electron chi connectivity index (χ4n) is 1.66. The Morgan fingerprint density at radius 3 is 2.64 bits per heavy atom. The minimum absolute atomic E-state index is 0.0522. The molecule has 0 fully saturated rings. The zero-order valence-corrected chi connectivity index (χ0v) is 12.8. The van der Waals surface area contributed by atoms with Crippen molar-refractivity contribution >= 4 is 23.6 Å². The van der Waals surface area contributed by atoms with Gasteiger partial charge in [-0.1, -0.05) is 19.6 Å². The molecule has 1 aliphatic rings. The van der Waals surface area contributed by atoms with E-state index in [-0.39, 0.29) is 31.9 Å². The first-order valence-electron chi connectivity index (χ1n) is 6.85. The Labute approximate surface area is 129 Å².